The summed E-state index contributed by atoms with van der Waals surface area (Å²) in [5, 5.41) is 11.4. The molecule has 66 valence electrons. The summed E-state index contributed by atoms with van der Waals surface area (Å²) in [5.74, 6) is 0.853. The van der Waals surface area contributed by atoms with Crippen LogP contribution in [0, 0.1) is 0 Å². The van der Waals surface area contributed by atoms with Crippen LogP contribution in [-0.4, -0.2) is 35.7 Å². The van der Waals surface area contributed by atoms with Gasteiger partial charge >= 0.3 is 0 Å². The van der Waals surface area contributed by atoms with Gasteiger partial charge in [-0.3, -0.25) is 4.79 Å². The summed E-state index contributed by atoms with van der Waals surface area (Å²) in [7, 11) is 0. The molecular formula is C7H15NO2S. The maximum Gasteiger partial charge on any atom is 0.220 e. The van der Waals surface area contributed by atoms with Crippen LogP contribution in [0.15, 0.2) is 0 Å². The molecule has 0 rings (SSSR count). The van der Waals surface area contributed by atoms with Crippen LogP contribution in [0.5, 0.6) is 0 Å². The van der Waals surface area contributed by atoms with Crippen LogP contribution in [0.1, 0.15) is 13.3 Å². The largest absolute Gasteiger partial charge is 0.392 e. The Hall–Kier alpha value is -0.220. The van der Waals surface area contributed by atoms with Crippen LogP contribution in [-0.2, 0) is 4.79 Å². The molecule has 11 heavy (non-hydrogen) atoms. The van der Waals surface area contributed by atoms with Gasteiger partial charge in [-0.25, -0.2) is 0 Å². The van der Waals surface area contributed by atoms with Crippen molar-refractivity contribution in [1.29, 1.82) is 0 Å². The summed E-state index contributed by atoms with van der Waals surface area (Å²) in [6.45, 7) is 2.00. The van der Waals surface area contributed by atoms with Gasteiger partial charge in [-0.1, -0.05) is 0 Å². The van der Waals surface area contributed by atoms with Crippen molar-refractivity contribution >= 4 is 17.7 Å². The number of thioether (sulfide) groups is 1. The Morgan fingerprint density at radius 1 is 1.73 bits per heavy atom. The van der Waals surface area contributed by atoms with Gasteiger partial charge in [-0.2, -0.15) is 11.8 Å². The Labute approximate surface area is 71.6 Å². The lowest BCUT2D eigenvalue weighted by Crippen LogP contribution is -2.30. The second-order valence-corrected chi connectivity index (χ2v) is 3.38. The van der Waals surface area contributed by atoms with Crippen molar-refractivity contribution in [2.75, 3.05) is 18.6 Å². The standard InChI is InChI=1S/C7H15NO2S/c1-6(9)5-8-7(10)3-4-11-2/h6,9H,3-5H2,1-2H3,(H,8,10)/t6-/m0/s1. The fourth-order valence-electron chi connectivity index (χ4n) is 0.545. The zero-order valence-corrected chi connectivity index (χ0v) is 7.78. The molecule has 0 aliphatic heterocycles. The minimum absolute atomic E-state index is 0.0141. The maximum atomic E-state index is 10.9. The van der Waals surface area contributed by atoms with Crippen molar-refractivity contribution < 1.29 is 9.90 Å². The fraction of sp³-hybridized carbons (Fsp3) is 0.857. The highest BCUT2D eigenvalue weighted by Gasteiger charge is 2.00. The molecule has 1 amide bonds. The van der Waals surface area contributed by atoms with Crippen molar-refractivity contribution in [1.82, 2.24) is 5.32 Å². The van der Waals surface area contributed by atoms with E-state index in [1.165, 1.54) is 0 Å². The van der Waals surface area contributed by atoms with E-state index in [1.54, 1.807) is 18.7 Å². The molecule has 0 heterocycles. The summed E-state index contributed by atoms with van der Waals surface area (Å²) in [4.78, 5) is 10.9. The molecule has 0 bridgehead atoms. The van der Waals surface area contributed by atoms with E-state index in [2.05, 4.69) is 5.32 Å². The molecule has 0 spiro atoms. The zero-order chi connectivity index (χ0) is 8.69. The van der Waals surface area contributed by atoms with Crippen LogP contribution in [0.25, 0.3) is 0 Å². The number of hydrogen-bond acceptors (Lipinski definition) is 3. The molecule has 0 aromatic heterocycles. The minimum atomic E-state index is -0.451. The molecule has 0 unspecified atom stereocenters. The van der Waals surface area contributed by atoms with Gasteiger partial charge in [0.2, 0.25) is 5.91 Å². The van der Waals surface area contributed by atoms with Crippen LogP contribution in [0.2, 0.25) is 0 Å². The third-order valence-electron chi connectivity index (χ3n) is 1.13. The van der Waals surface area contributed by atoms with Gasteiger partial charge in [-0.15, -0.1) is 0 Å². The third-order valence-corrected chi connectivity index (χ3v) is 1.74. The molecule has 0 saturated carbocycles. The predicted octanol–water partition coefficient (Wildman–Crippen LogP) is 0.236. The quantitative estimate of drug-likeness (QED) is 0.632. The Morgan fingerprint density at radius 3 is 2.82 bits per heavy atom. The highest BCUT2D eigenvalue weighted by molar-refractivity contribution is 7.98. The third kappa shape index (κ3) is 7.68. The molecule has 0 aliphatic rings. The van der Waals surface area contributed by atoms with E-state index in [9.17, 15) is 4.79 Å². The molecule has 0 aromatic carbocycles. The number of hydrogen-bond donors (Lipinski definition) is 2. The number of aliphatic hydroxyl groups excluding tert-OH is 1. The first-order valence-corrected chi connectivity index (χ1v) is 5.00. The highest BCUT2D eigenvalue weighted by atomic mass is 32.2. The summed E-state index contributed by atoms with van der Waals surface area (Å²) in [6.07, 6.45) is 2.05. The second-order valence-electron chi connectivity index (χ2n) is 2.40. The Morgan fingerprint density at radius 2 is 2.36 bits per heavy atom. The number of aliphatic hydroxyl groups is 1. The van der Waals surface area contributed by atoms with Crippen LogP contribution >= 0.6 is 11.8 Å². The topological polar surface area (TPSA) is 49.3 Å². The molecule has 0 saturated heterocycles. The molecule has 0 radical (unpaired) electrons. The van der Waals surface area contributed by atoms with E-state index in [0.717, 1.165) is 5.75 Å². The van der Waals surface area contributed by atoms with E-state index in [0.29, 0.717) is 13.0 Å². The lowest BCUT2D eigenvalue weighted by Gasteiger charge is -2.05. The summed E-state index contributed by atoms with van der Waals surface area (Å²) < 4.78 is 0. The van der Waals surface area contributed by atoms with Gasteiger partial charge in [0.05, 0.1) is 6.10 Å². The van der Waals surface area contributed by atoms with Gasteiger partial charge in [0.25, 0.3) is 0 Å². The van der Waals surface area contributed by atoms with E-state index < -0.39 is 6.10 Å². The summed E-state index contributed by atoms with van der Waals surface area (Å²) in [6, 6.07) is 0. The molecule has 0 aliphatic carbocycles. The number of carbonyl (C=O) groups is 1. The highest BCUT2D eigenvalue weighted by Crippen LogP contribution is 1.94. The van der Waals surface area contributed by atoms with E-state index in [1.807, 2.05) is 6.26 Å². The van der Waals surface area contributed by atoms with Crippen molar-refractivity contribution in [3.8, 4) is 0 Å². The van der Waals surface area contributed by atoms with E-state index in [-0.39, 0.29) is 5.91 Å². The Balaban J connectivity index is 3.23. The number of nitrogens with one attached hydrogen (secondary N) is 1. The van der Waals surface area contributed by atoms with Gasteiger partial charge < -0.3 is 10.4 Å². The molecular weight excluding hydrogens is 162 g/mol. The van der Waals surface area contributed by atoms with Gasteiger partial charge in [-0.05, 0) is 13.2 Å². The molecule has 4 heteroatoms. The molecule has 1 atom stereocenters. The summed E-state index contributed by atoms with van der Waals surface area (Å²) >= 11 is 1.64. The van der Waals surface area contributed by atoms with E-state index in [4.69, 9.17) is 5.11 Å². The van der Waals surface area contributed by atoms with Crippen LogP contribution < -0.4 is 5.32 Å². The van der Waals surface area contributed by atoms with Crippen molar-refractivity contribution in [2.24, 2.45) is 0 Å². The van der Waals surface area contributed by atoms with Crippen molar-refractivity contribution in [2.45, 2.75) is 19.4 Å². The maximum absolute atomic E-state index is 10.9. The first-order valence-electron chi connectivity index (χ1n) is 3.60. The van der Waals surface area contributed by atoms with Crippen molar-refractivity contribution in [3.63, 3.8) is 0 Å². The zero-order valence-electron chi connectivity index (χ0n) is 6.96. The Bertz CT molecular complexity index is 117. The average molecular weight is 177 g/mol. The normalized spacial score (nSPS) is 12.6. The monoisotopic (exact) mass is 177 g/mol. The van der Waals surface area contributed by atoms with Gasteiger partial charge in [0.15, 0.2) is 0 Å². The first kappa shape index (κ1) is 10.8. The minimum Gasteiger partial charge on any atom is -0.392 e. The van der Waals surface area contributed by atoms with Gasteiger partial charge in [0, 0.05) is 18.7 Å². The Kier molecular flexibility index (Phi) is 6.36. The number of amides is 1. The molecule has 2 N–H and O–H groups in total. The second kappa shape index (κ2) is 6.49. The average Bonchev–Trinajstić information content (AvgIpc) is 1.97. The predicted molar refractivity (Wildman–Crippen MR) is 47.7 cm³/mol. The number of rotatable bonds is 5. The molecule has 0 fully saturated rings. The fourth-order valence-corrected chi connectivity index (χ4v) is 0.934. The smallest absolute Gasteiger partial charge is 0.220 e. The van der Waals surface area contributed by atoms with Crippen LogP contribution in [0.4, 0.5) is 0 Å². The van der Waals surface area contributed by atoms with Gasteiger partial charge in [0.1, 0.15) is 0 Å². The van der Waals surface area contributed by atoms with Crippen LogP contribution in [0.3, 0.4) is 0 Å². The lowest BCUT2D eigenvalue weighted by molar-refractivity contribution is -0.121. The summed E-state index contributed by atoms with van der Waals surface area (Å²) in [5.41, 5.74) is 0. The SMILES string of the molecule is CSCCC(=O)NC[C@H](C)O. The van der Waals surface area contributed by atoms with E-state index >= 15 is 0 Å². The number of carbonyl (C=O) groups excluding carboxylic acids is 1. The molecule has 0 aromatic rings. The molecule has 3 nitrogen and oxygen atoms in total. The van der Waals surface area contributed by atoms with Crippen molar-refractivity contribution in [3.05, 3.63) is 0 Å². The first-order chi connectivity index (χ1) is 5.16. The lowest BCUT2D eigenvalue weighted by atomic mass is 10.4.